The summed E-state index contributed by atoms with van der Waals surface area (Å²) in [6.07, 6.45) is -1.20. The number of hydrogen-bond acceptors (Lipinski definition) is 4. The number of para-hydroxylation sites is 1. The second kappa shape index (κ2) is 7.21. The van der Waals surface area contributed by atoms with Gasteiger partial charge in [0.15, 0.2) is 6.10 Å². The molecule has 0 aromatic heterocycles. The molecule has 1 N–H and O–H groups in total. The average molecular weight is 286 g/mol. The van der Waals surface area contributed by atoms with Crippen molar-refractivity contribution in [2.24, 2.45) is 0 Å². The molecule has 21 heavy (non-hydrogen) atoms. The predicted molar refractivity (Wildman–Crippen MR) is 74.8 cm³/mol. The number of aliphatic carboxylic acids is 1. The maximum absolute atomic E-state index is 11.6. The van der Waals surface area contributed by atoms with Crippen LogP contribution in [0.4, 0.5) is 0 Å². The number of carboxylic acids is 1. The zero-order chi connectivity index (χ0) is 15.1. The Hall–Kier alpha value is -2.66. The molecule has 0 heterocycles. The van der Waals surface area contributed by atoms with E-state index in [2.05, 4.69) is 0 Å². The molecule has 0 aliphatic heterocycles. The van der Waals surface area contributed by atoms with E-state index in [1.165, 1.54) is 0 Å². The maximum atomic E-state index is 11.6. The topological polar surface area (TPSA) is 72.8 Å². The highest BCUT2D eigenvalue weighted by molar-refractivity contribution is 5.76. The number of carboxylic acid groups (broad SMARTS) is 1. The third-order valence-corrected chi connectivity index (χ3v) is 2.67. The van der Waals surface area contributed by atoms with Crippen LogP contribution in [-0.2, 0) is 14.3 Å². The molecule has 0 saturated carbocycles. The first-order chi connectivity index (χ1) is 10.2. The molecule has 0 saturated heterocycles. The second-order valence-electron chi connectivity index (χ2n) is 4.23. The van der Waals surface area contributed by atoms with Gasteiger partial charge in [-0.1, -0.05) is 48.5 Å². The van der Waals surface area contributed by atoms with Gasteiger partial charge in [-0.3, -0.25) is 0 Å². The summed E-state index contributed by atoms with van der Waals surface area (Å²) in [5, 5.41) is 9.15. The van der Waals surface area contributed by atoms with Gasteiger partial charge in [-0.2, -0.15) is 0 Å². The molecule has 2 aromatic rings. The van der Waals surface area contributed by atoms with Gasteiger partial charge in [0, 0.05) is 0 Å². The highest BCUT2D eigenvalue weighted by Gasteiger charge is 2.21. The van der Waals surface area contributed by atoms with E-state index in [1.54, 1.807) is 60.7 Å². The smallest absolute Gasteiger partial charge is 0.337 e. The lowest BCUT2D eigenvalue weighted by atomic mass is 10.1. The van der Waals surface area contributed by atoms with E-state index >= 15 is 0 Å². The van der Waals surface area contributed by atoms with Crippen molar-refractivity contribution in [2.45, 2.75) is 6.10 Å². The van der Waals surface area contributed by atoms with Crippen LogP contribution in [-0.4, -0.2) is 23.7 Å². The van der Waals surface area contributed by atoms with Crippen molar-refractivity contribution in [1.82, 2.24) is 0 Å². The summed E-state index contributed by atoms with van der Waals surface area (Å²) >= 11 is 0. The Morgan fingerprint density at radius 2 is 1.52 bits per heavy atom. The second-order valence-corrected chi connectivity index (χ2v) is 4.23. The van der Waals surface area contributed by atoms with Gasteiger partial charge in [0.2, 0.25) is 0 Å². The normalized spacial score (nSPS) is 11.6. The van der Waals surface area contributed by atoms with Crippen LogP contribution in [0.1, 0.15) is 11.7 Å². The highest BCUT2D eigenvalue weighted by atomic mass is 16.6. The number of esters is 1. The van der Waals surface area contributed by atoms with E-state index in [0.29, 0.717) is 11.3 Å². The Labute approximate surface area is 121 Å². The third-order valence-electron chi connectivity index (χ3n) is 2.67. The molecule has 0 bridgehead atoms. The first-order valence-corrected chi connectivity index (χ1v) is 6.32. The van der Waals surface area contributed by atoms with Gasteiger partial charge in [-0.15, -0.1) is 0 Å². The summed E-state index contributed by atoms with van der Waals surface area (Å²) in [7, 11) is 0. The van der Waals surface area contributed by atoms with Gasteiger partial charge in [-0.25, -0.2) is 9.59 Å². The fourth-order valence-electron chi connectivity index (χ4n) is 1.74. The van der Waals surface area contributed by atoms with Gasteiger partial charge in [-0.05, 0) is 17.7 Å². The van der Waals surface area contributed by atoms with E-state index in [9.17, 15) is 9.59 Å². The number of hydrogen-bond donors (Lipinski definition) is 1. The summed E-state index contributed by atoms with van der Waals surface area (Å²) in [6, 6.07) is 16.9. The predicted octanol–water partition coefficient (Wildman–Crippen LogP) is 2.43. The van der Waals surface area contributed by atoms with Gasteiger partial charge >= 0.3 is 11.9 Å². The number of ether oxygens (including phenoxy) is 2. The zero-order valence-electron chi connectivity index (χ0n) is 11.1. The molecule has 5 nitrogen and oxygen atoms in total. The van der Waals surface area contributed by atoms with Gasteiger partial charge in [0.25, 0.3) is 0 Å². The summed E-state index contributed by atoms with van der Waals surface area (Å²) in [5.74, 6) is -1.42. The van der Waals surface area contributed by atoms with Crippen LogP contribution in [0.2, 0.25) is 0 Å². The van der Waals surface area contributed by atoms with Crippen molar-refractivity contribution in [3.05, 3.63) is 66.2 Å². The monoisotopic (exact) mass is 286 g/mol. The fraction of sp³-hybridized carbons (Fsp3) is 0.125. The molecular weight excluding hydrogens is 272 g/mol. The number of benzene rings is 2. The Kier molecular flexibility index (Phi) is 5.06. The average Bonchev–Trinajstić information content (AvgIpc) is 2.49. The summed E-state index contributed by atoms with van der Waals surface area (Å²) in [4.78, 5) is 22.8. The number of carbonyl (C=O) groups is 2. The minimum absolute atomic E-state index is 0.387. The Bertz CT molecular complexity index is 595. The van der Waals surface area contributed by atoms with Crippen LogP contribution >= 0.6 is 0 Å². The minimum Gasteiger partial charge on any atom is -0.479 e. The van der Waals surface area contributed by atoms with Crippen LogP contribution in [0.3, 0.4) is 0 Å². The molecule has 2 rings (SSSR count). The van der Waals surface area contributed by atoms with Crippen LogP contribution < -0.4 is 4.74 Å². The first kappa shape index (κ1) is 14.7. The zero-order valence-corrected chi connectivity index (χ0v) is 11.1. The SMILES string of the molecule is O=C(CO[C@@H](C(=O)O)c1ccccc1)Oc1ccccc1. The van der Waals surface area contributed by atoms with Crippen LogP contribution in [0.5, 0.6) is 5.75 Å². The number of rotatable bonds is 6. The summed E-state index contributed by atoms with van der Waals surface area (Å²) in [6.45, 7) is -0.444. The standard InChI is InChI=1S/C16H14O5/c17-14(21-13-9-5-2-6-10-13)11-20-15(16(18)19)12-7-3-1-4-8-12/h1-10,15H,11H2,(H,18,19)/t15-/m1/s1. The summed E-state index contributed by atoms with van der Waals surface area (Å²) in [5.41, 5.74) is 0.470. The molecule has 0 aliphatic rings. The maximum Gasteiger partial charge on any atom is 0.337 e. The van der Waals surface area contributed by atoms with Crippen LogP contribution in [0.25, 0.3) is 0 Å². The Morgan fingerprint density at radius 3 is 2.10 bits per heavy atom. The van der Waals surface area contributed by atoms with Crippen molar-refractivity contribution in [2.75, 3.05) is 6.61 Å². The van der Waals surface area contributed by atoms with Crippen molar-refractivity contribution >= 4 is 11.9 Å². The van der Waals surface area contributed by atoms with Crippen LogP contribution in [0, 0.1) is 0 Å². The Balaban J connectivity index is 1.93. The largest absolute Gasteiger partial charge is 0.479 e. The van der Waals surface area contributed by atoms with Gasteiger partial charge < -0.3 is 14.6 Å². The summed E-state index contributed by atoms with van der Waals surface area (Å²) < 4.78 is 10.2. The molecule has 5 heteroatoms. The number of carbonyl (C=O) groups excluding carboxylic acids is 1. The molecule has 0 unspecified atom stereocenters. The molecule has 0 spiro atoms. The molecule has 2 aromatic carbocycles. The first-order valence-electron chi connectivity index (χ1n) is 6.32. The van der Waals surface area contributed by atoms with Crippen molar-refractivity contribution in [3.63, 3.8) is 0 Å². The van der Waals surface area contributed by atoms with E-state index < -0.39 is 24.6 Å². The van der Waals surface area contributed by atoms with E-state index in [0.717, 1.165) is 0 Å². The fourth-order valence-corrected chi connectivity index (χ4v) is 1.74. The van der Waals surface area contributed by atoms with E-state index in [-0.39, 0.29) is 0 Å². The van der Waals surface area contributed by atoms with E-state index in [1.807, 2.05) is 0 Å². The van der Waals surface area contributed by atoms with Crippen molar-refractivity contribution in [3.8, 4) is 5.75 Å². The van der Waals surface area contributed by atoms with Crippen molar-refractivity contribution < 1.29 is 24.2 Å². The van der Waals surface area contributed by atoms with Gasteiger partial charge in [0.05, 0.1) is 0 Å². The van der Waals surface area contributed by atoms with Crippen molar-refractivity contribution in [1.29, 1.82) is 0 Å². The van der Waals surface area contributed by atoms with E-state index in [4.69, 9.17) is 14.6 Å². The Morgan fingerprint density at radius 1 is 0.952 bits per heavy atom. The molecule has 1 atom stereocenters. The molecular formula is C16H14O5. The molecule has 0 radical (unpaired) electrons. The third kappa shape index (κ3) is 4.43. The lowest BCUT2D eigenvalue weighted by molar-refractivity contribution is -0.155. The molecule has 108 valence electrons. The van der Waals surface area contributed by atoms with Gasteiger partial charge in [0.1, 0.15) is 12.4 Å². The van der Waals surface area contributed by atoms with Crippen LogP contribution in [0.15, 0.2) is 60.7 Å². The minimum atomic E-state index is -1.20. The molecule has 0 aliphatic carbocycles. The highest BCUT2D eigenvalue weighted by Crippen LogP contribution is 2.17. The molecule has 0 fully saturated rings. The lowest BCUT2D eigenvalue weighted by Crippen LogP contribution is -2.22. The lowest BCUT2D eigenvalue weighted by Gasteiger charge is -2.13. The molecule has 0 amide bonds. The quantitative estimate of drug-likeness (QED) is 0.652.